The van der Waals surface area contributed by atoms with Crippen molar-refractivity contribution in [3.05, 3.63) is 99.6 Å². The van der Waals surface area contributed by atoms with Gasteiger partial charge in [-0.15, -0.1) is 0 Å². The maximum Gasteiger partial charge on any atom is 0.282 e. The Kier molecular flexibility index (Phi) is 6.54. The lowest BCUT2D eigenvalue weighted by atomic mass is 10.1. The van der Waals surface area contributed by atoms with Gasteiger partial charge in [0.15, 0.2) is 0 Å². The first-order chi connectivity index (χ1) is 16.4. The molecule has 0 bridgehead atoms. The summed E-state index contributed by atoms with van der Waals surface area (Å²) in [7, 11) is 0. The second-order valence-corrected chi connectivity index (χ2v) is 7.42. The molecule has 172 valence electrons. The number of nitrogens with zero attached hydrogens (tertiary/aromatic N) is 2. The van der Waals surface area contributed by atoms with E-state index in [2.05, 4.69) is 5.43 Å². The molecular formula is C25H21N3O6. The van der Waals surface area contributed by atoms with Crippen LogP contribution in [0.1, 0.15) is 11.1 Å². The molecule has 9 heteroatoms. The number of carbonyl (C=O) groups is 2. The Morgan fingerprint density at radius 3 is 2.32 bits per heavy atom. The molecule has 3 aromatic carbocycles. The summed E-state index contributed by atoms with van der Waals surface area (Å²) in [5.41, 5.74) is 3.86. The van der Waals surface area contributed by atoms with Crippen LogP contribution < -0.4 is 19.9 Å². The molecule has 9 nitrogen and oxygen atoms in total. The lowest BCUT2D eigenvalue weighted by molar-refractivity contribution is -0.384. The number of hydrogen-bond donors (Lipinski definition) is 1. The Balaban J connectivity index is 1.55. The summed E-state index contributed by atoms with van der Waals surface area (Å²) in [6.45, 7) is 2.32. The molecule has 1 N–H and O–H groups in total. The molecule has 0 radical (unpaired) electrons. The maximum absolute atomic E-state index is 12.9. The van der Waals surface area contributed by atoms with Crippen LogP contribution in [0.3, 0.4) is 0 Å². The van der Waals surface area contributed by atoms with E-state index in [0.29, 0.717) is 5.69 Å². The summed E-state index contributed by atoms with van der Waals surface area (Å²) < 4.78 is 11.5. The average molecular weight is 459 g/mol. The van der Waals surface area contributed by atoms with Gasteiger partial charge in [-0.2, -0.15) is 0 Å². The Morgan fingerprint density at radius 2 is 1.62 bits per heavy atom. The van der Waals surface area contributed by atoms with Gasteiger partial charge in [-0.25, -0.2) is 5.01 Å². The summed E-state index contributed by atoms with van der Waals surface area (Å²) >= 11 is 0. The van der Waals surface area contributed by atoms with Gasteiger partial charge in [0.05, 0.1) is 10.6 Å². The number of amides is 2. The van der Waals surface area contributed by atoms with Gasteiger partial charge in [0.25, 0.3) is 17.5 Å². The molecule has 1 aliphatic rings. The van der Waals surface area contributed by atoms with E-state index in [9.17, 15) is 19.7 Å². The molecule has 2 amide bonds. The minimum Gasteiger partial charge on any atom is -0.490 e. The fourth-order valence-corrected chi connectivity index (χ4v) is 3.39. The molecule has 0 aliphatic carbocycles. The zero-order chi connectivity index (χ0) is 24.1. The Labute approximate surface area is 195 Å². The average Bonchev–Trinajstić information content (AvgIpc) is 3.12. The number of rotatable bonds is 8. The summed E-state index contributed by atoms with van der Waals surface area (Å²) in [5.74, 6) is -0.178. The van der Waals surface area contributed by atoms with Crippen LogP contribution in [-0.2, 0) is 9.59 Å². The molecule has 4 rings (SSSR count). The number of ether oxygens (including phenoxy) is 2. The molecule has 1 heterocycles. The standard InChI is InChI=1S/C25H21N3O6/c1-17-7-5-6-10-22(17)33-13-14-34-23-12-11-20(28(31)32)15-18(23)16-21-24(29)26-27(25(21)30)19-8-3-2-4-9-19/h2-12,15-16H,13-14H2,1H3,(H,26,29)/b21-16+. The van der Waals surface area contributed by atoms with Crippen molar-refractivity contribution in [1.82, 2.24) is 5.43 Å². The molecule has 1 fully saturated rings. The predicted octanol–water partition coefficient (Wildman–Crippen LogP) is 3.82. The Bertz CT molecular complexity index is 1270. The molecule has 0 aromatic heterocycles. The normalized spacial score (nSPS) is 14.3. The maximum atomic E-state index is 12.9. The highest BCUT2D eigenvalue weighted by Crippen LogP contribution is 2.29. The first kappa shape index (κ1) is 22.5. The highest BCUT2D eigenvalue weighted by Gasteiger charge is 2.34. The summed E-state index contributed by atoms with van der Waals surface area (Å²) in [5, 5.41) is 12.4. The van der Waals surface area contributed by atoms with Gasteiger partial charge in [-0.3, -0.25) is 25.1 Å². The van der Waals surface area contributed by atoms with Crippen molar-refractivity contribution in [2.75, 3.05) is 18.2 Å². The zero-order valence-electron chi connectivity index (χ0n) is 18.3. The second-order valence-electron chi connectivity index (χ2n) is 7.42. The van der Waals surface area contributed by atoms with Crippen molar-refractivity contribution >= 4 is 29.3 Å². The molecule has 0 spiro atoms. The van der Waals surface area contributed by atoms with Crippen molar-refractivity contribution in [3.8, 4) is 11.5 Å². The smallest absolute Gasteiger partial charge is 0.282 e. The van der Waals surface area contributed by atoms with Crippen molar-refractivity contribution < 1.29 is 24.0 Å². The topological polar surface area (TPSA) is 111 Å². The predicted molar refractivity (Wildman–Crippen MR) is 125 cm³/mol. The third-order valence-electron chi connectivity index (χ3n) is 5.10. The van der Waals surface area contributed by atoms with Gasteiger partial charge in [0.1, 0.15) is 30.3 Å². The fraction of sp³-hybridized carbons (Fsp3) is 0.120. The molecular weight excluding hydrogens is 438 g/mol. The number of benzene rings is 3. The summed E-state index contributed by atoms with van der Waals surface area (Å²) in [6.07, 6.45) is 1.30. The van der Waals surface area contributed by atoms with E-state index < -0.39 is 16.7 Å². The van der Waals surface area contributed by atoms with E-state index in [1.165, 1.54) is 24.3 Å². The number of non-ortho nitro benzene ring substituents is 1. The molecule has 3 aromatic rings. The SMILES string of the molecule is Cc1ccccc1OCCOc1ccc([N+](=O)[O-])cc1/C=C1\C(=O)NN(c2ccccc2)C1=O. The van der Waals surface area contributed by atoms with Crippen LogP contribution in [0.25, 0.3) is 6.08 Å². The number of anilines is 1. The first-order valence-corrected chi connectivity index (χ1v) is 10.5. The van der Waals surface area contributed by atoms with Crippen LogP contribution in [0.15, 0.2) is 78.4 Å². The van der Waals surface area contributed by atoms with Crippen molar-refractivity contribution in [1.29, 1.82) is 0 Å². The monoisotopic (exact) mass is 459 g/mol. The minimum atomic E-state index is -0.616. The number of carbonyl (C=O) groups excluding carboxylic acids is 2. The third-order valence-corrected chi connectivity index (χ3v) is 5.10. The fourth-order valence-electron chi connectivity index (χ4n) is 3.39. The van der Waals surface area contributed by atoms with Crippen molar-refractivity contribution in [2.24, 2.45) is 0 Å². The summed E-state index contributed by atoms with van der Waals surface area (Å²) in [6, 6.07) is 20.2. The molecule has 34 heavy (non-hydrogen) atoms. The number of hydrogen-bond acceptors (Lipinski definition) is 6. The van der Waals surface area contributed by atoms with Gasteiger partial charge in [-0.1, -0.05) is 36.4 Å². The van der Waals surface area contributed by atoms with E-state index in [-0.39, 0.29) is 35.8 Å². The number of nitro groups is 1. The lowest BCUT2D eigenvalue weighted by Gasteiger charge is -2.14. The molecule has 0 atom stereocenters. The highest BCUT2D eigenvalue weighted by atomic mass is 16.6. The first-order valence-electron chi connectivity index (χ1n) is 10.5. The lowest BCUT2D eigenvalue weighted by Crippen LogP contribution is -2.35. The highest BCUT2D eigenvalue weighted by molar-refractivity contribution is 6.31. The van der Waals surface area contributed by atoms with Crippen LogP contribution in [0.2, 0.25) is 0 Å². The molecule has 0 unspecified atom stereocenters. The number of aryl methyl sites for hydroxylation is 1. The van der Waals surface area contributed by atoms with E-state index in [0.717, 1.165) is 16.3 Å². The van der Waals surface area contributed by atoms with Crippen LogP contribution in [-0.4, -0.2) is 30.0 Å². The van der Waals surface area contributed by atoms with E-state index in [1.807, 2.05) is 31.2 Å². The van der Waals surface area contributed by atoms with Crippen LogP contribution in [0.5, 0.6) is 11.5 Å². The quantitative estimate of drug-likeness (QED) is 0.180. The van der Waals surface area contributed by atoms with E-state index in [4.69, 9.17) is 9.47 Å². The van der Waals surface area contributed by atoms with E-state index in [1.54, 1.807) is 30.3 Å². The van der Waals surface area contributed by atoms with Gasteiger partial charge >= 0.3 is 0 Å². The van der Waals surface area contributed by atoms with Crippen LogP contribution >= 0.6 is 0 Å². The van der Waals surface area contributed by atoms with Crippen molar-refractivity contribution in [3.63, 3.8) is 0 Å². The number of para-hydroxylation sites is 2. The summed E-state index contributed by atoms with van der Waals surface area (Å²) in [4.78, 5) is 36.1. The number of hydrazine groups is 1. The van der Waals surface area contributed by atoms with Gasteiger partial charge in [0, 0.05) is 17.7 Å². The molecule has 1 aliphatic heterocycles. The Morgan fingerprint density at radius 1 is 0.941 bits per heavy atom. The van der Waals surface area contributed by atoms with Crippen molar-refractivity contribution in [2.45, 2.75) is 6.92 Å². The van der Waals surface area contributed by atoms with Crippen LogP contribution in [0.4, 0.5) is 11.4 Å². The van der Waals surface area contributed by atoms with E-state index >= 15 is 0 Å². The molecule has 0 saturated carbocycles. The number of nitrogens with one attached hydrogen (secondary N) is 1. The third kappa shape index (κ3) is 4.88. The number of nitro benzene ring substituents is 1. The van der Waals surface area contributed by atoms with Gasteiger partial charge in [0.2, 0.25) is 0 Å². The zero-order valence-corrected chi connectivity index (χ0v) is 18.3. The molecule has 1 saturated heterocycles. The Hall–Kier alpha value is -4.66. The second kappa shape index (κ2) is 9.86. The van der Waals surface area contributed by atoms with Crippen LogP contribution in [0, 0.1) is 17.0 Å². The largest absolute Gasteiger partial charge is 0.490 e. The minimum absolute atomic E-state index is 0.151. The van der Waals surface area contributed by atoms with Gasteiger partial charge in [-0.05, 0) is 42.8 Å². The van der Waals surface area contributed by atoms with Gasteiger partial charge < -0.3 is 9.47 Å².